The molecule has 0 spiro atoms. The minimum absolute atomic E-state index is 0.244. The Bertz CT molecular complexity index is 886. The second kappa shape index (κ2) is 8.19. The number of carbonyl (C=O) groups is 2. The lowest BCUT2D eigenvalue weighted by Crippen LogP contribution is -2.37. The number of rotatable bonds is 6. The van der Waals surface area contributed by atoms with Crippen LogP contribution in [-0.4, -0.2) is 25.0 Å². The zero-order valence-corrected chi connectivity index (χ0v) is 16.6. The number of hydrogen-bond donors (Lipinski definition) is 1. The van der Waals surface area contributed by atoms with Gasteiger partial charge in [0.05, 0.1) is 17.3 Å². The van der Waals surface area contributed by atoms with Gasteiger partial charge < -0.3 is 15.0 Å². The number of fused-ring (bicyclic) bond motifs is 1. The fourth-order valence-corrected chi connectivity index (χ4v) is 3.71. The van der Waals surface area contributed by atoms with E-state index in [9.17, 15) is 9.59 Å². The number of aryl methyl sites for hydroxylation is 1. The molecule has 5 nitrogen and oxygen atoms in total. The molecule has 1 atom stereocenters. The summed E-state index contributed by atoms with van der Waals surface area (Å²) in [6.07, 6.45) is 0.606. The average molecular weight is 407 g/mol. The maximum Gasteiger partial charge on any atom is 0.254 e. The molecule has 0 unspecified atom stereocenters. The van der Waals surface area contributed by atoms with E-state index in [0.717, 1.165) is 11.3 Å². The lowest BCUT2D eigenvalue weighted by atomic mass is 10.1. The van der Waals surface area contributed by atoms with E-state index in [2.05, 4.69) is 5.32 Å². The molecule has 0 aromatic heterocycles. The molecule has 1 aliphatic rings. The van der Waals surface area contributed by atoms with Crippen LogP contribution in [0.1, 0.15) is 30.5 Å². The van der Waals surface area contributed by atoms with Crippen molar-refractivity contribution in [1.82, 2.24) is 5.32 Å². The summed E-state index contributed by atoms with van der Waals surface area (Å²) < 4.78 is 5.80. The van der Waals surface area contributed by atoms with Gasteiger partial charge >= 0.3 is 0 Å². The highest BCUT2D eigenvalue weighted by molar-refractivity contribution is 6.38. The van der Waals surface area contributed by atoms with Crippen molar-refractivity contribution in [3.8, 4) is 5.75 Å². The zero-order chi connectivity index (χ0) is 19.6. The SMILES string of the molecule is CC(=O)N[C@H]1C(=O)N(CCCOc2ccccc2C)c2c(Cl)ccc(Cl)c21. The lowest BCUT2D eigenvalue weighted by molar-refractivity contribution is -0.126. The summed E-state index contributed by atoms with van der Waals surface area (Å²) in [7, 11) is 0. The quantitative estimate of drug-likeness (QED) is 0.727. The number of anilines is 1. The van der Waals surface area contributed by atoms with E-state index in [1.807, 2.05) is 31.2 Å². The van der Waals surface area contributed by atoms with Crippen LogP contribution in [0.15, 0.2) is 36.4 Å². The Morgan fingerprint density at radius 1 is 1.19 bits per heavy atom. The summed E-state index contributed by atoms with van der Waals surface area (Å²) in [6, 6.07) is 10.2. The van der Waals surface area contributed by atoms with E-state index in [0.29, 0.717) is 40.9 Å². The third-order valence-electron chi connectivity index (χ3n) is 4.41. The third kappa shape index (κ3) is 4.04. The first-order valence-electron chi connectivity index (χ1n) is 8.65. The summed E-state index contributed by atoms with van der Waals surface area (Å²) in [5, 5.41) is 3.49. The normalized spacial score (nSPS) is 15.6. The van der Waals surface area contributed by atoms with Crippen molar-refractivity contribution in [2.24, 2.45) is 0 Å². The number of hydrogen-bond acceptors (Lipinski definition) is 3. The molecule has 2 amide bonds. The Morgan fingerprint density at radius 3 is 2.59 bits per heavy atom. The second-order valence-electron chi connectivity index (χ2n) is 6.38. The van der Waals surface area contributed by atoms with E-state index in [-0.39, 0.29) is 11.8 Å². The van der Waals surface area contributed by atoms with Gasteiger partial charge in [-0.2, -0.15) is 0 Å². The number of para-hydroxylation sites is 1. The number of ether oxygens (including phenoxy) is 1. The zero-order valence-electron chi connectivity index (χ0n) is 15.1. The predicted octanol–water partition coefficient (Wildman–Crippen LogP) is 4.29. The van der Waals surface area contributed by atoms with E-state index >= 15 is 0 Å². The van der Waals surface area contributed by atoms with Crippen LogP contribution in [0.3, 0.4) is 0 Å². The number of nitrogens with one attached hydrogen (secondary N) is 1. The van der Waals surface area contributed by atoms with Crippen LogP contribution < -0.4 is 15.0 Å². The van der Waals surface area contributed by atoms with Crippen molar-refractivity contribution in [2.45, 2.75) is 26.3 Å². The molecule has 27 heavy (non-hydrogen) atoms. The Hall–Kier alpha value is -2.24. The molecular weight excluding hydrogens is 387 g/mol. The van der Waals surface area contributed by atoms with Crippen LogP contribution >= 0.6 is 23.2 Å². The highest BCUT2D eigenvalue weighted by Crippen LogP contribution is 2.44. The maximum atomic E-state index is 12.9. The van der Waals surface area contributed by atoms with Crippen LogP contribution in [0.4, 0.5) is 5.69 Å². The molecule has 3 rings (SSSR count). The molecular formula is C20H20Cl2N2O3. The molecule has 2 aromatic rings. The molecule has 7 heteroatoms. The second-order valence-corrected chi connectivity index (χ2v) is 7.20. The highest BCUT2D eigenvalue weighted by Gasteiger charge is 2.40. The van der Waals surface area contributed by atoms with Gasteiger partial charge in [0.1, 0.15) is 11.8 Å². The average Bonchev–Trinajstić information content (AvgIpc) is 2.90. The Morgan fingerprint density at radius 2 is 1.89 bits per heavy atom. The molecule has 0 radical (unpaired) electrons. The Labute approximate surface area is 168 Å². The molecule has 0 fully saturated rings. The summed E-state index contributed by atoms with van der Waals surface area (Å²) in [5.74, 6) is 0.272. The predicted molar refractivity (Wildman–Crippen MR) is 107 cm³/mol. The summed E-state index contributed by atoms with van der Waals surface area (Å²) in [4.78, 5) is 26.0. The largest absolute Gasteiger partial charge is 0.493 e. The standard InChI is InChI=1S/C20H20Cl2N2O3/c1-12-6-3-4-7-16(12)27-11-5-10-24-19-15(22)9-8-14(21)17(19)18(20(24)26)23-13(2)25/h3-4,6-9,18H,5,10-11H2,1-2H3,(H,23,25)/t18-/m1/s1. The molecule has 0 bridgehead atoms. The van der Waals surface area contributed by atoms with Gasteiger partial charge in [0, 0.05) is 24.1 Å². The number of nitrogens with zero attached hydrogens (tertiary/aromatic N) is 1. The monoisotopic (exact) mass is 406 g/mol. The minimum Gasteiger partial charge on any atom is -0.493 e. The van der Waals surface area contributed by atoms with E-state index < -0.39 is 6.04 Å². The van der Waals surface area contributed by atoms with Gasteiger partial charge in [-0.3, -0.25) is 9.59 Å². The van der Waals surface area contributed by atoms with Gasteiger partial charge in [-0.25, -0.2) is 0 Å². The van der Waals surface area contributed by atoms with Crippen molar-refractivity contribution in [2.75, 3.05) is 18.1 Å². The molecule has 2 aromatic carbocycles. The van der Waals surface area contributed by atoms with Gasteiger partial charge in [-0.05, 0) is 37.1 Å². The first-order valence-corrected chi connectivity index (χ1v) is 9.40. The lowest BCUT2D eigenvalue weighted by Gasteiger charge is -2.19. The van der Waals surface area contributed by atoms with Crippen molar-refractivity contribution in [3.05, 3.63) is 57.6 Å². The van der Waals surface area contributed by atoms with E-state index in [4.69, 9.17) is 27.9 Å². The minimum atomic E-state index is -0.819. The fourth-order valence-electron chi connectivity index (χ4n) is 3.18. The smallest absolute Gasteiger partial charge is 0.254 e. The number of amides is 2. The van der Waals surface area contributed by atoms with Crippen LogP contribution in [-0.2, 0) is 9.59 Å². The molecule has 0 aliphatic carbocycles. The Kier molecular flexibility index (Phi) is 5.92. The van der Waals surface area contributed by atoms with E-state index in [1.165, 1.54) is 6.92 Å². The van der Waals surface area contributed by atoms with Crippen LogP contribution in [0.5, 0.6) is 5.75 Å². The van der Waals surface area contributed by atoms with Crippen LogP contribution in [0, 0.1) is 6.92 Å². The fraction of sp³-hybridized carbons (Fsp3) is 0.300. The van der Waals surface area contributed by atoms with Gasteiger partial charge in [-0.15, -0.1) is 0 Å². The molecule has 1 heterocycles. The topological polar surface area (TPSA) is 58.6 Å². The highest BCUT2D eigenvalue weighted by atomic mass is 35.5. The maximum absolute atomic E-state index is 12.9. The Balaban J connectivity index is 1.74. The van der Waals surface area contributed by atoms with Gasteiger partial charge in [0.15, 0.2) is 0 Å². The van der Waals surface area contributed by atoms with Gasteiger partial charge in [-0.1, -0.05) is 41.4 Å². The first kappa shape index (κ1) is 19.5. The molecule has 0 saturated heterocycles. The summed E-state index contributed by atoms with van der Waals surface area (Å²) in [6.45, 7) is 4.21. The van der Waals surface area contributed by atoms with Crippen LogP contribution in [0.25, 0.3) is 0 Å². The van der Waals surface area contributed by atoms with Gasteiger partial charge in [0.2, 0.25) is 5.91 Å². The van der Waals surface area contributed by atoms with E-state index in [1.54, 1.807) is 17.0 Å². The van der Waals surface area contributed by atoms with Crippen molar-refractivity contribution >= 4 is 40.7 Å². The molecule has 1 N–H and O–H groups in total. The summed E-state index contributed by atoms with van der Waals surface area (Å²) >= 11 is 12.6. The van der Waals surface area contributed by atoms with Crippen molar-refractivity contribution in [1.29, 1.82) is 0 Å². The van der Waals surface area contributed by atoms with Crippen molar-refractivity contribution < 1.29 is 14.3 Å². The third-order valence-corrected chi connectivity index (χ3v) is 5.05. The van der Waals surface area contributed by atoms with Crippen molar-refractivity contribution in [3.63, 3.8) is 0 Å². The molecule has 0 saturated carbocycles. The summed E-state index contributed by atoms with van der Waals surface area (Å²) in [5.41, 5.74) is 2.16. The first-order chi connectivity index (χ1) is 12.9. The van der Waals surface area contributed by atoms with Gasteiger partial charge in [0.25, 0.3) is 5.91 Å². The van der Waals surface area contributed by atoms with Crippen LogP contribution in [0.2, 0.25) is 10.0 Å². The molecule has 142 valence electrons. The number of benzene rings is 2. The number of halogens is 2. The molecule has 1 aliphatic heterocycles. The number of carbonyl (C=O) groups excluding carboxylic acids is 2.